The molecule has 0 aliphatic heterocycles. The van der Waals surface area contributed by atoms with Crippen molar-refractivity contribution in [3.63, 3.8) is 0 Å². The molecule has 106 valence electrons. The number of carbonyl (C=O) groups excluding carboxylic acids is 1. The van der Waals surface area contributed by atoms with Crippen LogP contribution in [0, 0.1) is 29.6 Å². The van der Waals surface area contributed by atoms with Crippen LogP contribution >= 0.6 is 0 Å². The normalized spacial score (nSPS) is 35.7. The van der Waals surface area contributed by atoms with Crippen molar-refractivity contribution in [2.75, 3.05) is 5.32 Å². The van der Waals surface area contributed by atoms with Crippen molar-refractivity contribution in [3.8, 4) is 0 Å². The Hall–Kier alpha value is -1.83. The van der Waals surface area contributed by atoms with Crippen LogP contribution in [-0.2, 0) is 4.79 Å². The lowest BCUT2D eigenvalue weighted by Gasteiger charge is -2.11. The monoisotopic (exact) mass is 277 g/mol. The highest BCUT2D eigenvalue weighted by Crippen LogP contribution is 2.69. The third-order valence-electron chi connectivity index (χ3n) is 6.09. The van der Waals surface area contributed by atoms with E-state index in [1.165, 1.54) is 24.6 Å². The highest BCUT2D eigenvalue weighted by atomic mass is 16.2. The summed E-state index contributed by atoms with van der Waals surface area (Å²) < 4.78 is 0. The van der Waals surface area contributed by atoms with E-state index in [1.54, 1.807) is 0 Å². The maximum atomic E-state index is 12.6. The molecule has 4 unspecified atom stereocenters. The van der Waals surface area contributed by atoms with Crippen molar-refractivity contribution in [3.05, 3.63) is 42.5 Å². The van der Waals surface area contributed by atoms with Gasteiger partial charge in [-0.1, -0.05) is 36.4 Å². The first kappa shape index (κ1) is 11.8. The van der Waals surface area contributed by atoms with Gasteiger partial charge in [0.15, 0.2) is 0 Å². The number of carbonyl (C=O) groups is 1. The number of anilines is 1. The maximum absolute atomic E-state index is 12.6. The molecule has 3 aliphatic rings. The van der Waals surface area contributed by atoms with Crippen molar-refractivity contribution in [1.82, 2.24) is 0 Å². The minimum absolute atomic E-state index is 0.262. The molecule has 2 nitrogen and oxygen atoms in total. The second-order valence-electron chi connectivity index (χ2n) is 7.03. The average Bonchev–Trinajstić information content (AvgIpc) is 2.96. The Labute approximate surface area is 124 Å². The van der Waals surface area contributed by atoms with Crippen LogP contribution in [0.2, 0.25) is 0 Å². The van der Waals surface area contributed by atoms with Crippen molar-refractivity contribution in [2.24, 2.45) is 29.6 Å². The van der Waals surface area contributed by atoms with Crippen molar-refractivity contribution >= 4 is 22.4 Å². The van der Waals surface area contributed by atoms with Gasteiger partial charge in [0.05, 0.1) is 0 Å². The topological polar surface area (TPSA) is 29.1 Å². The Kier molecular flexibility index (Phi) is 2.30. The molecule has 2 bridgehead atoms. The van der Waals surface area contributed by atoms with E-state index in [-0.39, 0.29) is 5.91 Å². The first-order valence-electron chi connectivity index (χ1n) is 8.11. The maximum Gasteiger partial charge on any atom is 0.228 e. The zero-order valence-corrected chi connectivity index (χ0v) is 12.0. The van der Waals surface area contributed by atoms with E-state index in [1.807, 2.05) is 24.3 Å². The number of hydrogen-bond donors (Lipinski definition) is 1. The molecule has 4 atom stereocenters. The van der Waals surface area contributed by atoms with E-state index in [9.17, 15) is 4.79 Å². The number of fused-ring (bicyclic) bond motifs is 6. The zero-order valence-electron chi connectivity index (χ0n) is 12.0. The lowest BCUT2D eigenvalue weighted by Crippen LogP contribution is -2.18. The van der Waals surface area contributed by atoms with E-state index in [4.69, 9.17) is 0 Å². The lowest BCUT2D eigenvalue weighted by molar-refractivity contribution is -0.118. The molecule has 0 spiro atoms. The fourth-order valence-electron chi connectivity index (χ4n) is 5.23. The molecule has 21 heavy (non-hydrogen) atoms. The molecular formula is C19H19NO. The molecule has 3 fully saturated rings. The predicted octanol–water partition coefficient (Wildman–Crippen LogP) is 4.07. The van der Waals surface area contributed by atoms with E-state index in [0.29, 0.717) is 17.8 Å². The molecule has 1 N–H and O–H groups in total. The molecular weight excluding hydrogens is 258 g/mol. The molecule has 0 aromatic heterocycles. The fourth-order valence-corrected chi connectivity index (χ4v) is 5.23. The third kappa shape index (κ3) is 1.62. The van der Waals surface area contributed by atoms with Crippen LogP contribution in [0.5, 0.6) is 0 Å². The summed E-state index contributed by atoms with van der Waals surface area (Å²) in [7, 11) is 0. The predicted molar refractivity (Wildman–Crippen MR) is 83.9 cm³/mol. The van der Waals surface area contributed by atoms with Crippen LogP contribution < -0.4 is 5.32 Å². The van der Waals surface area contributed by atoms with Crippen molar-refractivity contribution in [2.45, 2.75) is 19.3 Å². The molecule has 0 saturated heterocycles. The molecule has 0 heterocycles. The standard InChI is InChI=1S/C19H19NO/c21-19(18-16-12-8-9-13(10-12)17(16)18)20-15-7-3-5-11-4-1-2-6-14(11)15/h1-7,12-13,16-18H,8-10H2,(H,20,21). The molecule has 1 amide bonds. The van der Waals surface area contributed by atoms with Gasteiger partial charge in [0.2, 0.25) is 5.91 Å². The quantitative estimate of drug-likeness (QED) is 0.880. The fraction of sp³-hybridized carbons (Fsp3) is 0.421. The average molecular weight is 277 g/mol. The Bertz CT molecular complexity index is 716. The summed E-state index contributed by atoms with van der Waals surface area (Å²) in [6, 6.07) is 14.4. The van der Waals surface area contributed by atoms with E-state index in [0.717, 1.165) is 22.9 Å². The molecule has 2 aromatic carbocycles. The molecule has 2 heteroatoms. The highest BCUT2D eigenvalue weighted by molar-refractivity contribution is 6.03. The minimum Gasteiger partial charge on any atom is -0.325 e. The molecule has 2 aromatic rings. The summed E-state index contributed by atoms with van der Waals surface area (Å²) >= 11 is 0. The molecule has 3 saturated carbocycles. The van der Waals surface area contributed by atoms with Crippen molar-refractivity contribution in [1.29, 1.82) is 0 Å². The van der Waals surface area contributed by atoms with Gasteiger partial charge in [-0.3, -0.25) is 4.79 Å². The molecule has 3 aliphatic carbocycles. The Balaban J connectivity index is 1.41. The van der Waals surface area contributed by atoms with Gasteiger partial charge in [0.1, 0.15) is 0 Å². The summed E-state index contributed by atoms with van der Waals surface area (Å²) in [5, 5.41) is 5.53. The van der Waals surface area contributed by atoms with Gasteiger partial charge in [-0.25, -0.2) is 0 Å². The van der Waals surface area contributed by atoms with Crippen LogP contribution in [0.15, 0.2) is 42.5 Å². The largest absolute Gasteiger partial charge is 0.325 e. The van der Waals surface area contributed by atoms with Gasteiger partial charge in [-0.05, 0) is 54.4 Å². The second-order valence-corrected chi connectivity index (χ2v) is 7.03. The highest BCUT2D eigenvalue weighted by Gasteiger charge is 2.67. The Morgan fingerprint density at radius 2 is 1.67 bits per heavy atom. The number of benzene rings is 2. The SMILES string of the molecule is O=C(Nc1cccc2ccccc12)C1C2C3CCC(C3)C12. The van der Waals surface area contributed by atoms with E-state index < -0.39 is 0 Å². The summed E-state index contributed by atoms with van der Waals surface area (Å²) in [4.78, 5) is 12.6. The van der Waals surface area contributed by atoms with E-state index >= 15 is 0 Å². The van der Waals surface area contributed by atoms with Gasteiger partial charge < -0.3 is 5.32 Å². The lowest BCUT2D eigenvalue weighted by atomic mass is 10.0. The minimum atomic E-state index is 0.262. The first-order valence-corrected chi connectivity index (χ1v) is 8.11. The Morgan fingerprint density at radius 3 is 2.48 bits per heavy atom. The Morgan fingerprint density at radius 1 is 0.952 bits per heavy atom. The van der Waals surface area contributed by atoms with Crippen LogP contribution in [-0.4, -0.2) is 5.91 Å². The van der Waals surface area contributed by atoms with Crippen LogP contribution in [0.25, 0.3) is 10.8 Å². The number of rotatable bonds is 2. The van der Waals surface area contributed by atoms with Crippen molar-refractivity contribution < 1.29 is 4.79 Å². The number of amides is 1. The number of nitrogens with one attached hydrogen (secondary N) is 1. The van der Waals surface area contributed by atoms with Gasteiger partial charge in [-0.15, -0.1) is 0 Å². The zero-order chi connectivity index (χ0) is 14.0. The molecule has 0 radical (unpaired) electrons. The summed E-state index contributed by atoms with van der Waals surface area (Å²) in [5.41, 5.74) is 0.968. The summed E-state index contributed by atoms with van der Waals surface area (Å²) in [5.74, 6) is 3.68. The third-order valence-corrected chi connectivity index (χ3v) is 6.09. The smallest absolute Gasteiger partial charge is 0.228 e. The van der Waals surface area contributed by atoms with Gasteiger partial charge >= 0.3 is 0 Å². The van der Waals surface area contributed by atoms with Gasteiger partial charge in [0, 0.05) is 17.0 Å². The summed E-state index contributed by atoms with van der Waals surface area (Å²) in [6.07, 6.45) is 4.13. The van der Waals surface area contributed by atoms with Crippen LogP contribution in [0.4, 0.5) is 5.69 Å². The molecule has 5 rings (SSSR count). The van der Waals surface area contributed by atoms with Crippen LogP contribution in [0.3, 0.4) is 0 Å². The van der Waals surface area contributed by atoms with E-state index in [2.05, 4.69) is 23.5 Å². The number of hydrogen-bond acceptors (Lipinski definition) is 1. The van der Waals surface area contributed by atoms with Crippen LogP contribution in [0.1, 0.15) is 19.3 Å². The summed E-state index contributed by atoms with van der Waals surface area (Å²) in [6.45, 7) is 0. The second kappa shape index (κ2) is 4.09. The van der Waals surface area contributed by atoms with Gasteiger partial charge in [-0.2, -0.15) is 0 Å². The van der Waals surface area contributed by atoms with Gasteiger partial charge in [0.25, 0.3) is 0 Å². The first-order chi connectivity index (χ1) is 10.3.